The van der Waals surface area contributed by atoms with Crippen LogP contribution in [-0.4, -0.2) is 10.9 Å². The van der Waals surface area contributed by atoms with Crippen LogP contribution in [0.3, 0.4) is 0 Å². The largest absolute Gasteiger partial charge is 0.273 e. The molecule has 1 heterocycles. The summed E-state index contributed by atoms with van der Waals surface area (Å²) in [7, 11) is 0. The van der Waals surface area contributed by atoms with Crippen LogP contribution in [0.1, 0.15) is 19.8 Å². The van der Waals surface area contributed by atoms with Crippen LogP contribution in [0.4, 0.5) is 5.13 Å². The Kier molecular flexibility index (Phi) is 3.17. The first-order valence-corrected chi connectivity index (χ1v) is 5.97. The lowest BCUT2D eigenvalue weighted by molar-refractivity contribution is -0.118. The fourth-order valence-corrected chi connectivity index (χ4v) is 2.31. The van der Waals surface area contributed by atoms with E-state index in [1.807, 2.05) is 31.2 Å². The Morgan fingerprint density at radius 1 is 1.50 bits per heavy atom. The van der Waals surface area contributed by atoms with Gasteiger partial charge in [0.25, 0.3) is 0 Å². The number of thiazole rings is 1. The van der Waals surface area contributed by atoms with Gasteiger partial charge in [0, 0.05) is 6.42 Å². The fraction of sp³-hybridized carbons (Fsp3) is 0.273. The van der Waals surface area contributed by atoms with E-state index in [0.29, 0.717) is 11.6 Å². The summed E-state index contributed by atoms with van der Waals surface area (Å²) in [5.41, 5.74) is 0.877. The van der Waals surface area contributed by atoms with Gasteiger partial charge in [-0.15, -0.1) is 0 Å². The monoisotopic (exact) mass is 235 g/mol. The number of amides is 1. The van der Waals surface area contributed by atoms with E-state index in [2.05, 4.69) is 4.98 Å². The SMILES string of the molecule is CCCC(=O)N(N)c1nc2ccccc2s1. The van der Waals surface area contributed by atoms with Gasteiger partial charge < -0.3 is 0 Å². The Balaban J connectivity index is 2.29. The minimum Gasteiger partial charge on any atom is -0.273 e. The Labute approximate surface area is 97.7 Å². The molecule has 0 atom stereocenters. The molecular formula is C11H13N3OS. The van der Waals surface area contributed by atoms with Gasteiger partial charge in [-0.25, -0.2) is 15.8 Å². The van der Waals surface area contributed by atoms with Gasteiger partial charge in [0.15, 0.2) is 0 Å². The number of carbonyl (C=O) groups excluding carboxylic acids is 1. The second kappa shape index (κ2) is 4.59. The maximum atomic E-state index is 11.6. The predicted molar refractivity (Wildman–Crippen MR) is 66.2 cm³/mol. The Hall–Kier alpha value is -1.46. The van der Waals surface area contributed by atoms with E-state index < -0.39 is 0 Å². The molecule has 0 saturated carbocycles. The summed E-state index contributed by atoms with van der Waals surface area (Å²) < 4.78 is 1.04. The number of hydrazine groups is 1. The molecular weight excluding hydrogens is 222 g/mol. The summed E-state index contributed by atoms with van der Waals surface area (Å²) in [6.07, 6.45) is 1.24. The van der Waals surface area contributed by atoms with Crippen molar-refractivity contribution >= 4 is 32.6 Å². The van der Waals surface area contributed by atoms with Gasteiger partial charge in [0.1, 0.15) is 0 Å². The number of nitrogens with zero attached hydrogens (tertiary/aromatic N) is 2. The van der Waals surface area contributed by atoms with Crippen molar-refractivity contribution in [1.82, 2.24) is 4.98 Å². The van der Waals surface area contributed by atoms with Gasteiger partial charge in [-0.05, 0) is 18.6 Å². The second-order valence-corrected chi connectivity index (χ2v) is 4.49. The Bertz CT molecular complexity index is 476. The van der Waals surface area contributed by atoms with E-state index >= 15 is 0 Å². The van der Waals surface area contributed by atoms with Crippen LogP contribution in [0.25, 0.3) is 10.2 Å². The van der Waals surface area contributed by atoms with Crippen molar-refractivity contribution in [2.45, 2.75) is 19.8 Å². The molecule has 0 aliphatic heterocycles. The first kappa shape index (κ1) is 11.0. The van der Waals surface area contributed by atoms with Crippen LogP contribution in [0.15, 0.2) is 24.3 Å². The van der Waals surface area contributed by atoms with Crippen LogP contribution in [-0.2, 0) is 4.79 Å². The highest BCUT2D eigenvalue weighted by Gasteiger charge is 2.14. The topological polar surface area (TPSA) is 59.2 Å². The summed E-state index contributed by atoms with van der Waals surface area (Å²) in [5, 5.41) is 1.70. The van der Waals surface area contributed by atoms with Gasteiger partial charge in [-0.1, -0.05) is 30.4 Å². The number of benzene rings is 1. The Morgan fingerprint density at radius 3 is 2.94 bits per heavy atom. The van der Waals surface area contributed by atoms with Crippen LogP contribution in [0.2, 0.25) is 0 Å². The highest BCUT2D eigenvalue weighted by molar-refractivity contribution is 7.22. The van der Waals surface area contributed by atoms with E-state index in [4.69, 9.17) is 5.84 Å². The van der Waals surface area contributed by atoms with E-state index in [1.165, 1.54) is 11.3 Å². The molecule has 0 spiro atoms. The molecule has 0 aliphatic carbocycles. The van der Waals surface area contributed by atoms with Crippen molar-refractivity contribution in [3.8, 4) is 0 Å². The third kappa shape index (κ3) is 2.05. The van der Waals surface area contributed by atoms with Crippen molar-refractivity contribution in [3.05, 3.63) is 24.3 Å². The summed E-state index contributed by atoms with van der Waals surface area (Å²) in [4.78, 5) is 15.9. The highest BCUT2D eigenvalue weighted by atomic mass is 32.1. The lowest BCUT2D eigenvalue weighted by atomic mass is 10.3. The number of para-hydroxylation sites is 1. The van der Waals surface area contributed by atoms with Crippen LogP contribution in [0, 0.1) is 0 Å². The normalized spacial score (nSPS) is 10.6. The van der Waals surface area contributed by atoms with Gasteiger partial charge in [0.2, 0.25) is 11.0 Å². The zero-order valence-corrected chi connectivity index (χ0v) is 9.83. The molecule has 2 aromatic rings. The molecule has 0 bridgehead atoms. The van der Waals surface area contributed by atoms with Gasteiger partial charge in [-0.3, -0.25) is 4.79 Å². The minimum absolute atomic E-state index is 0.0958. The number of aromatic nitrogens is 1. The minimum atomic E-state index is -0.0958. The number of carbonyl (C=O) groups is 1. The van der Waals surface area contributed by atoms with Crippen molar-refractivity contribution < 1.29 is 4.79 Å². The molecule has 84 valence electrons. The number of hydrogen-bond acceptors (Lipinski definition) is 4. The smallest absolute Gasteiger partial charge is 0.243 e. The van der Waals surface area contributed by atoms with Crippen molar-refractivity contribution in [2.24, 2.45) is 5.84 Å². The second-order valence-electron chi connectivity index (χ2n) is 3.48. The fourth-order valence-electron chi connectivity index (χ4n) is 1.40. The van der Waals surface area contributed by atoms with Crippen LogP contribution < -0.4 is 10.9 Å². The van der Waals surface area contributed by atoms with E-state index in [-0.39, 0.29) is 5.91 Å². The number of nitrogens with two attached hydrogens (primary N) is 1. The molecule has 1 amide bonds. The van der Waals surface area contributed by atoms with Crippen molar-refractivity contribution in [3.63, 3.8) is 0 Å². The highest BCUT2D eigenvalue weighted by Crippen LogP contribution is 2.27. The number of hydrogen-bond donors (Lipinski definition) is 1. The quantitative estimate of drug-likeness (QED) is 0.504. The van der Waals surface area contributed by atoms with Crippen molar-refractivity contribution in [1.29, 1.82) is 0 Å². The van der Waals surface area contributed by atoms with E-state index in [0.717, 1.165) is 21.6 Å². The maximum absolute atomic E-state index is 11.6. The first-order chi connectivity index (χ1) is 7.72. The molecule has 1 aromatic heterocycles. The van der Waals surface area contributed by atoms with Crippen LogP contribution >= 0.6 is 11.3 Å². The molecule has 4 nitrogen and oxygen atoms in total. The summed E-state index contributed by atoms with van der Waals surface area (Å²) >= 11 is 1.43. The maximum Gasteiger partial charge on any atom is 0.243 e. The lowest BCUT2D eigenvalue weighted by Crippen LogP contribution is -2.37. The standard InChI is InChI=1S/C11H13N3OS/c1-2-5-10(15)14(12)11-13-8-6-3-4-7-9(8)16-11/h3-4,6-7H,2,5,12H2,1H3. The average molecular weight is 235 g/mol. The van der Waals surface area contributed by atoms with Gasteiger partial charge in [-0.2, -0.15) is 0 Å². The van der Waals surface area contributed by atoms with E-state index in [9.17, 15) is 4.79 Å². The van der Waals surface area contributed by atoms with Crippen LogP contribution in [0.5, 0.6) is 0 Å². The predicted octanol–water partition coefficient (Wildman–Crippen LogP) is 2.30. The first-order valence-electron chi connectivity index (χ1n) is 5.15. The molecule has 16 heavy (non-hydrogen) atoms. The Morgan fingerprint density at radius 2 is 2.25 bits per heavy atom. The molecule has 0 aliphatic rings. The average Bonchev–Trinajstić information content (AvgIpc) is 2.71. The molecule has 2 rings (SSSR count). The van der Waals surface area contributed by atoms with E-state index in [1.54, 1.807) is 0 Å². The molecule has 1 aromatic carbocycles. The molecule has 2 N–H and O–H groups in total. The van der Waals surface area contributed by atoms with Gasteiger partial charge in [0.05, 0.1) is 10.2 Å². The number of rotatable bonds is 3. The third-order valence-electron chi connectivity index (χ3n) is 2.22. The van der Waals surface area contributed by atoms with Crippen molar-refractivity contribution in [2.75, 3.05) is 5.01 Å². The molecule has 0 fully saturated rings. The molecule has 0 radical (unpaired) electrons. The summed E-state index contributed by atoms with van der Waals surface area (Å²) in [6, 6.07) is 7.74. The number of anilines is 1. The number of fused-ring (bicyclic) bond motifs is 1. The van der Waals surface area contributed by atoms with Gasteiger partial charge >= 0.3 is 0 Å². The zero-order valence-electron chi connectivity index (χ0n) is 9.01. The zero-order chi connectivity index (χ0) is 11.5. The third-order valence-corrected chi connectivity index (χ3v) is 3.26. The lowest BCUT2D eigenvalue weighted by Gasteiger charge is -2.11. The molecule has 0 unspecified atom stereocenters. The molecule has 0 saturated heterocycles. The molecule has 5 heteroatoms. The summed E-state index contributed by atoms with van der Waals surface area (Å²) in [6.45, 7) is 1.95. The summed E-state index contributed by atoms with van der Waals surface area (Å²) in [5.74, 6) is 5.62.